The standard InChI is InChI=1S/C39H42F2N6O7S2/c40-26-11-6-8-23(16-26)32-22-55-37(43-32)42-31-13-5-3-1-2-4-10-25-18-39(25,36(50)45-56(52,53)28-14-15-28)44-34(48)33-17-27(20-47(33)35(31)49)54-38(51)46-19-24-9-7-12-30(41)29(24)21-46/h4,6-12,16,22,25,27-28,31,33H,1-3,5,13-15,17-21H2,(H,42,43)(H,44,48)(H,45,50)/t25-,27-,31+,33+,39-/m1/s1. The van der Waals surface area contributed by atoms with E-state index in [4.69, 9.17) is 4.74 Å². The summed E-state index contributed by atoms with van der Waals surface area (Å²) in [7, 11) is -3.92. The van der Waals surface area contributed by atoms with Gasteiger partial charge in [0.1, 0.15) is 35.4 Å². The van der Waals surface area contributed by atoms with E-state index in [2.05, 4.69) is 20.3 Å². The number of benzene rings is 2. The second-order valence-electron chi connectivity index (χ2n) is 15.2. The van der Waals surface area contributed by atoms with Crippen LogP contribution in [-0.4, -0.2) is 82.5 Å². The topological polar surface area (TPSA) is 167 Å². The molecule has 3 aromatic rings. The van der Waals surface area contributed by atoms with Crippen molar-refractivity contribution in [2.75, 3.05) is 11.9 Å². The quantitative estimate of drug-likeness (QED) is 0.279. The number of nitrogens with zero attached hydrogens (tertiary/aromatic N) is 3. The Balaban J connectivity index is 1.06. The Labute approximate surface area is 326 Å². The van der Waals surface area contributed by atoms with Crippen LogP contribution in [0.3, 0.4) is 0 Å². The average molecular weight is 809 g/mol. The number of halogens is 2. The number of hydrogen-bond acceptors (Lipinski definition) is 10. The van der Waals surface area contributed by atoms with Gasteiger partial charge in [-0.2, -0.15) is 0 Å². The van der Waals surface area contributed by atoms with Gasteiger partial charge in [-0.1, -0.05) is 49.3 Å². The summed E-state index contributed by atoms with van der Waals surface area (Å²) in [4.78, 5) is 63.5. The number of nitrogens with one attached hydrogen (secondary N) is 3. The van der Waals surface area contributed by atoms with Crippen molar-refractivity contribution in [3.8, 4) is 11.3 Å². The number of amides is 4. The summed E-state index contributed by atoms with van der Waals surface area (Å²) in [5, 5.41) is 7.60. The fourth-order valence-electron chi connectivity index (χ4n) is 7.84. The maximum Gasteiger partial charge on any atom is 0.410 e. The lowest BCUT2D eigenvalue weighted by Gasteiger charge is -2.29. The number of hydrogen-bond donors (Lipinski definition) is 3. The summed E-state index contributed by atoms with van der Waals surface area (Å²) < 4.78 is 62.2. The fraction of sp³-hybridized carbons (Fsp3) is 0.462. The van der Waals surface area contributed by atoms with Crippen molar-refractivity contribution in [2.24, 2.45) is 5.92 Å². The van der Waals surface area contributed by atoms with Crippen LogP contribution in [-0.2, 0) is 42.2 Å². The highest BCUT2D eigenvalue weighted by atomic mass is 32.2. The number of fused-ring (bicyclic) bond motifs is 3. The molecule has 2 aliphatic carbocycles. The van der Waals surface area contributed by atoms with Crippen LogP contribution in [0, 0.1) is 17.6 Å². The lowest BCUT2D eigenvalue weighted by Crippen LogP contribution is -2.57. The number of carbonyl (C=O) groups excluding carboxylic acids is 4. The number of rotatable bonds is 7. The molecular formula is C39H42F2N6O7S2. The van der Waals surface area contributed by atoms with E-state index < -0.39 is 80.4 Å². The Kier molecular flexibility index (Phi) is 10.3. The molecule has 0 bridgehead atoms. The van der Waals surface area contributed by atoms with Crippen LogP contribution in [0.5, 0.6) is 0 Å². The lowest BCUT2D eigenvalue weighted by molar-refractivity contribution is -0.140. The molecule has 1 saturated heterocycles. The predicted octanol–water partition coefficient (Wildman–Crippen LogP) is 4.99. The van der Waals surface area contributed by atoms with Crippen molar-refractivity contribution in [2.45, 2.75) is 99.9 Å². The summed E-state index contributed by atoms with van der Waals surface area (Å²) in [6, 6.07) is 8.63. The van der Waals surface area contributed by atoms with Gasteiger partial charge in [-0.25, -0.2) is 27.0 Å². The minimum Gasteiger partial charge on any atom is -0.444 e. The van der Waals surface area contributed by atoms with Gasteiger partial charge in [-0.15, -0.1) is 11.3 Å². The minimum atomic E-state index is -3.92. The second-order valence-corrected chi connectivity index (χ2v) is 18.1. The Hall–Kier alpha value is -4.90. The summed E-state index contributed by atoms with van der Waals surface area (Å²) in [6.45, 7) is 0.00769. The van der Waals surface area contributed by atoms with Crippen LogP contribution in [0.15, 0.2) is 60.0 Å². The van der Waals surface area contributed by atoms with E-state index in [0.29, 0.717) is 59.6 Å². The number of sulfonamides is 1. The smallest absolute Gasteiger partial charge is 0.410 e. The number of aromatic nitrogens is 1. The first-order chi connectivity index (χ1) is 26.9. The molecule has 5 atom stereocenters. The number of allylic oxidation sites excluding steroid dienone is 1. The maximum absolute atomic E-state index is 14.6. The average Bonchev–Trinajstić information content (AvgIpc) is 3.96. The molecule has 4 heterocycles. The number of anilines is 1. The van der Waals surface area contributed by atoms with Crippen molar-refractivity contribution in [3.05, 3.63) is 82.8 Å². The first kappa shape index (κ1) is 38.0. The van der Waals surface area contributed by atoms with Crippen LogP contribution < -0.4 is 15.4 Å². The molecule has 3 fully saturated rings. The third kappa shape index (κ3) is 7.88. The molecule has 3 aliphatic heterocycles. The Morgan fingerprint density at radius 3 is 2.64 bits per heavy atom. The molecule has 3 N–H and O–H groups in total. The molecule has 17 heteroatoms. The van der Waals surface area contributed by atoms with Gasteiger partial charge in [-0.3, -0.25) is 24.0 Å². The molecule has 4 amide bonds. The summed E-state index contributed by atoms with van der Waals surface area (Å²) in [5.41, 5.74) is 0.606. The normalized spacial score (nSPS) is 26.6. The van der Waals surface area contributed by atoms with Gasteiger partial charge in [0.05, 0.1) is 24.0 Å². The van der Waals surface area contributed by atoms with Crippen molar-refractivity contribution in [1.82, 2.24) is 24.8 Å². The predicted molar refractivity (Wildman–Crippen MR) is 202 cm³/mol. The Morgan fingerprint density at radius 2 is 1.86 bits per heavy atom. The molecule has 1 aromatic heterocycles. The molecule has 0 unspecified atom stereocenters. The Bertz CT molecular complexity index is 2200. The maximum atomic E-state index is 14.6. The van der Waals surface area contributed by atoms with E-state index in [1.807, 2.05) is 12.2 Å². The van der Waals surface area contributed by atoms with Crippen molar-refractivity contribution >= 4 is 50.3 Å². The third-order valence-electron chi connectivity index (χ3n) is 11.2. The summed E-state index contributed by atoms with van der Waals surface area (Å²) in [5.74, 6) is -3.25. The molecule has 13 nitrogen and oxygen atoms in total. The van der Waals surface area contributed by atoms with Gasteiger partial charge in [-0.05, 0) is 62.3 Å². The minimum absolute atomic E-state index is 0.00778. The second kappa shape index (κ2) is 15.2. The SMILES string of the molecule is O=C1N[C@]2(C(=O)NS(=O)(=O)C3CC3)C[C@H]2C=CCCCCC[C@H](Nc2nc(-c3cccc(F)c3)cs2)C(=O)N2C[C@H](OC(=O)N3Cc4cccc(F)c4C3)C[C@@H]12. The Morgan fingerprint density at radius 1 is 1.04 bits per heavy atom. The summed E-state index contributed by atoms with van der Waals surface area (Å²) >= 11 is 1.25. The summed E-state index contributed by atoms with van der Waals surface area (Å²) in [6.07, 6.45) is 6.41. The van der Waals surface area contributed by atoms with E-state index in [1.165, 1.54) is 39.3 Å². The highest BCUT2D eigenvalue weighted by Crippen LogP contribution is 2.46. The van der Waals surface area contributed by atoms with Crippen molar-refractivity contribution in [3.63, 3.8) is 0 Å². The van der Waals surface area contributed by atoms with Gasteiger partial charge in [0.25, 0.3) is 5.91 Å². The van der Waals surface area contributed by atoms with Crippen molar-refractivity contribution in [1.29, 1.82) is 0 Å². The van der Waals surface area contributed by atoms with E-state index in [9.17, 15) is 36.4 Å². The van der Waals surface area contributed by atoms with Crippen LogP contribution in [0.1, 0.15) is 68.9 Å². The highest BCUT2D eigenvalue weighted by molar-refractivity contribution is 7.91. The third-order valence-corrected chi connectivity index (χ3v) is 13.8. The zero-order valence-electron chi connectivity index (χ0n) is 30.4. The van der Waals surface area contributed by atoms with Gasteiger partial charge in [0.15, 0.2) is 5.13 Å². The van der Waals surface area contributed by atoms with E-state index >= 15 is 0 Å². The molecular weight excluding hydrogens is 767 g/mol. The monoisotopic (exact) mass is 808 g/mol. The molecule has 296 valence electrons. The fourth-order valence-corrected chi connectivity index (χ4v) is 9.98. The molecule has 8 rings (SSSR count). The zero-order valence-corrected chi connectivity index (χ0v) is 32.1. The number of carbonyl (C=O) groups is 4. The highest BCUT2D eigenvalue weighted by Gasteiger charge is 2.62. The van der Waals surface area contributed by atoms with Crippen LogP contribution in [0.2, 0.25) is 0 Å². The zero-order chi connectivity index (χ0) is 39.2. The lowest BCUT2D eigenvalue weighted by atomic mass is 10.1. The van der Waals surface area contributed by atoms with E-state index in [0.717, 1.165) is 12.8 Å². The first-order valence-electron chi connectivity index (χ1n) is 19.0. The molecule has 0 spiro atoms. The van der Waals surface area contributed by atoms with Gasteiger partial charge in [0.2, 0.25) is 21.8 Å². The molecule has 5 aliphatic rings. The van der Waals surface area contributed by atoms with Gasteiger partial charge in [0, 0.05) is 35.4 Å². The van der Waals surface area contributed by atoms with Crippen LogP contribution in [0.4, 0.5) is 18.7 Å². The molecule has 2 saturated carbocycles. The molecule has 2 aromatic carbocycles. The van der Waals surface area contributed by atoms with E-state index in [1.54, 1.807) is 29.6 Å². The van der Waals surface area contributed by atoms with E-state index in [-0.39, 0.29) is 32.5 Å². The van der Waals surface area contributed by atoms with Crippen molar-refractivity contribution < 1.29 is 41.1 Å². The van der Waals surface area contributed by atoms with Crippen LogP contribution in [0.25, 0.3) is 11.3 Å². The first-order valence-corrected chi connectivity index (χ1v) is 21.4. The molecule has 0 radical (unpaired) electrons. The van der Waals surface area contributed by atoms with Gasteiger partial charge >= 0.3 is 6.09 Å². The number of ether oxygens (including phenoxy) is 1. The van der Waals surface area contributed by atoms with Gasteiger partial charge < -0.3 is 20.3 Å². The van der Waals surface area contributed by atoms with Crippen LogP contribution >= 0.6 is 11.3 Å². The number of thiazole rings is 1. The largest absolute Gasteiger partial charge is 0.444 e. The molecule has 56 heavy (non-hydrogen) atoms.